The first-order valence-corrected chi connectivity index (χ1v) is 7.71. The van der Waals surface area contributed by atoms with E-state index in [9.17, 15) is 18.9 Å². The summed E-state index contributed by atoms with van der Waals surface area (Å²) in [6, 6.07) is 8.26. The van der Waals surface area contributed by atoms with Gasteiger partial charge in [0, 0.05) is 18.1 Å². The average molecular weight is 328 g/mol. The monoisotopic (exact) mass is 328 g/mol. The third kappa shape index (κ3) is 2.18. The SMILES string of the molecule is O=[N+]([O-])c1ccccc1[C@@H]1Nc2c(F)cc(F)cc2[C@H]2C=CC[C@@H]21. The van der Waals surface area contributed by atoms with E-state index in [1.165, 1.54) is 12.1 Å². The molecule has 3 atom stereocenters. The Hall–Kier alpha value is -2.76. The van der Waals surface area contributed by atoms with Gasteiger partial charge in [0.15, 0.2) is 0 Å². The predicted molar refractivity (Wildman–Crippen MR) is 85.8 cm³/mol. The van der Waals surface area contributed by atoms with Crippen molar-refractivity contribution in [3.63, 3.8) is 0 Å². The Morgan fingerprint density at radius 1 is 1.17 bits per heavy atom. The van der Waals surface area contributed by atoms with Crippen LogP contribution in [0.3, 0.4) is 0 Å². The molecule has 6 heteroatoms. The highest BCUT2D eigenvalue weighted by Crippen LogP contribution is 2.51. The molecular weight excluding hydrogens is 314 g/mol. The van der Waals surface area contributed by atoms with Gasteiger partial charge >= 0.3 is 0 Å². The molecule has 4 rings (SSSR count). The molecule has 0 amide bonds. The predicted octanol–water partition coefficient (Wildman–Crippen LogP) is 4.70. The Morgan fingerprint density at radius 2 is 1.96 bits per heavy atom. The second kappa shape index (κ2) is 5.40. The lowest BCUT2D eigenvalue weighted by molar-refractivity contribution is -0.385. The molecule has 2 aromatic carbocycles. The topological polar surface area (TPSA) is 55.2 Å². The van der Waals surface area contributed by atoms with Crippen molar-refractivity contribution in [1.82, 2.24) is 0 Å². The number of nitro groups is 1. The smallest absolute Gasteiger partial charge is 0.274 e. The molecule has 0 bridgehead atoms. The number of nitrogens with one attached hydrogen (secondary N) is 1. The van der Waals surface area contributed by atoms with Crippen LogP contribution >= 0.6 is 0 Å². The van der Waals surface area contributed by atoms with Crippen LogP contribution in [-0.2, 0) is 0 Å². The van der Waals surface area contributed by atoms with Crippen molar-refractivity contribution in [3.05, 3.63) is 81.4 Å². The van der Waals surface area contributed by atoms with Gasteiger partial charge in [0.1, 0.15) is 11.6 Å². The average Bonchev–Trinajstić information content (AvgIpc) is 3.04. The number of hydrogen-bond acceptors (Lipinski definition) is 3. The van der Waals surface area contributed by atoms with Crippen LogP contribution in [0.4, 0.5) is 20.2 Å². The molecular formula is C18H14F2N2O2. The Morgan fingerprint density at radius 3 is 2.75 bits per heavy atom. The van der Waals surface area contributed by atoms with Gasteiger partial charge in [-0.25, -0.2) is 8.78 Å². The minimum atomic E-state index is -0.674. The van der Waals surface area contributed by atoms with E-state index in [0.29, 0.717) is 17.5 Å². The Balaban J connectivity index is 1.86. The summed E-state index contributed by atoms with van der Waals surface area (Å²) in [5.41, 5.74) is 1.33. The molecule has 0 aromatic heterocycles. The first kappa shape index (κ1) is 14.8. The van der Waals surface area contributed by atoms with Gasteiger partial charge in [0.25, 0.3) is 5.69 Å². The van der Waals surface area contributed by atoms with Gasteiger partial charge in [-0.2, -0.15) is 0 Å². The number of benzene rings is 2. The fourth-order valence-electron chi connectivity index (χ4n) is 3.85. The molecule has 1 aliphatic carbocycles. The van der Waals surface area contributed by atoms with Gasteiger partial charge < -0.3 is 5.32 Å². The molecule has 0 saturated carbocycles. The minimum absolute atomic E-state index is 0.00613. The van der Waals surface area contributed by atoms with Crippen LogP contribution in [0.25, 0.3) is 0 Å². The molecule has 24 heavy (non-hydrogen) atoms. The van der Waals surface area contributed by atoms with Gasteiger partial charge in [0.05, 0.1) is 22.2 Å². The molecule has 2 aromatic rings. The lowest BCUT2D eigenvalue weighted by atomic mass is 9.76. The molecule has 0 unspecified atom stereocenters. The molecule has 2 aliphatic rings. The molecule has 1 N–H and O–H groups in total. The van der Waals surface area contributed by atoms with Gasteiger partial charge in [-0.05, 0) is 24.0 Å². The number of anilines is 1. The number of hydrogen-bond donors (Lipinski definition) is 1. The van der Waals surface area contributed by atoms with Gasteiger partial charge in [-0.3, -0.25) is 10.1 Å². The molecule has 122 valence electrons. The minimum Gasteiger partial charge on any atom is -0.375 e. The van der Waals surface area contributed by atoms with Crippen molar-refractivity contribution < 1.29 is 13.7 Å². The van der Waals surface area contributed by atoms with E-state index >= 15 is 0 Å². The van der Waals surface area contributed by atoms with Crippen LogP contribution < -0.4 is 5.32 Å². The molecule has 0 radical (unpaired) electrons. The molecule has 1 aliphatic heterocycles. The van der Waals surface area contributed by atoms with Crippen molar-refractivity contribution in [3.8, 4) is 0 Å². The lowest BCUT2D eigenvalue weighted by Gasteiger charge is -2.37. The lowest BCUT2D eigenvalue weighted by Crippen LogP contribution is -2.30. The van der Waals surface area contributed by atoms with Crippen LogP contribution in [0.5, 0.6) is 0 Å². The summed E-state index contributed by atoms with van der Waals surface area (Å²) in [5.74, 6) is -1.46. The summed E-state index contributed by atoms with van der Waals surface area (Å²) in [7, 11) is 0. The molecule has 0 spiro atoms. The van der Waals surface area contributed by atoms with Crippen molar-refractivity contribution in [2.24, 2.45) is 5.92 Å². The zero-order valence-corrected chi connectivity index (χ0v) is 12.6. The third-order valence-corrected chi connectivity index (χ3v) is 4.85. The van der Waals surface area contributed by atoms with E-state index in [1.54, 1.807) is 18.2 Å². The number of rotatable bonds is 2. The maximum Gasteiger partial charge on any atom is 0.274 e. The Kier molecular flexibility index (Phi) is 3.33. The first-order valence-electron chi connectivity index (χ1n) is 7.71. The number of para-hydroxylation sites is 1. The number of halogens is 2. The second-order valence-corrected chi connectivity index (χ2v) is 6.14. The standard InChI is InChI=1S/C18H14F2N2O2/c19-10-8-14-11-5-3-6-12(11)17(21-18(14)15(20)9-10)13-4-1-2-7-16(13)22(23)24/h1-5,7-9,11-12,17,21H,6H2/t11-,12-,17+/m0/s1. The summed E-state index contributed by atoms with van der Waals surface area (Å²) in [4.78, 5) is 10.9. The molecule has 4 nitrogen and oxygen atoms in total. The zero-order valence-electron chi connectivity index (χ0n) is 12.6. The number of fused-ring (bicyclic) bond motifs is 3. The van der Waals surface area contributed by atoms with Crippen LogP contribution in [-0.4, -0.2) is 4.92 Å². The van der Waals surface area contributed by atoms with E-state index in [1.807, 2.05) is 12.2 Å². The van der Waals surface area contributed by atoms with Crippen molar-refractivity contribution in [2.75, 3.05) is 5.32 Å². The maximum absolute atomic E-state index is 14.3. The zero-order chi connectivity index (χ0) is 16.8. The normalized spacial score (nSPS) is 24.2. The number of allylic oxidation sites excluding steroid dienone is 2. The summed E-state index contributed by atoms with van der Waals surface area (Å²) in [5, 5.41) is 14.4. The summed E-state index contributed by atoms with van der Waals surface area (Å²) in [6.45, 7) is 0. The molecule has 0 saturated heterocycles. The molecule has 1 heterocycles. The van der Waals surface area contributed by atoms with E-state index in [4.69, 9.17) is 0 Å². The van der Waals surface area contributed by atoms with E-state index < -0.39 is 22.6 Å². The maximum atomic E-state index is 14.3. The van der Waals surface area contributed by atoms with Gasteiger partial charge in [-0.15, -0.1) is 0 Å². The van der Waals surface area contributed by atoms with Crippen molar-refractivity contribution in [1.29, 1.82) is 0 Å². The van der Waals surface area contributed by atoms with Crippen LogP contribution in [0.2, 0.25) is 0 Å². The number of nitro benzene ring substituents is 1. The Labute approximate surface area is 137 Å². The van der Waals surface area contributed by atoms with E-state index in [2.05, 4.69) is 5.32 Å². The highest BCUT2D eigenvalue weighted by molar-refractivity contribution is 5.62. The fourth-order valence-corrected chi connectivity index (χ4v) is 3.85. The highest BCUT2D eigenvalue weighted by Gasteiger charge is 2.41. The highest BCUT2D eigenvalue weighted by atomic mass is 19.1. The molecule has 0 fully saturated rings. The third-order valence-electron chi connectivity index (χ3n) is 4.85. The second-order valence-electron chi connectivity index (χ2n) is 6.14. The van der Waals surface area contributed by atoms with Crippen molar-refractivity contribution >= 4 is 11.4 Å². The van der Waals surface area contributed by atoms with Crippen LogP contribution in [0.15, 0.2) is 48.6 Å². The first-order chi connectivity index (χ1) is 11.6. The summed E-state index contributed by atoms with van der Waals surface area (Å²) in [6.07, 6.45) is 4.60. The van der Waals surface area contributed by atoms with Crippen molar-refractivity contribution in [2.45, 2.75) is 18.4 Å². The summed E-state index contributed by atoms with van der Waals surface area (Å²) < 4.78 is 27.9. The van der Waals surface area contributed by atoms with Crippen LogP contribution in [0.1, 0.15) is 29.5 Å². The van der Waals surface area contributed by atoms with Crippen LogP contribution in [0, 0.1) is 27.7 Å². The number of nitrogens with zero attached hydrogens (tertiary/aromatic N) is 1. The fraction of sp³-hybridized carbons (Fsp3) is 0.222. The quantitative estimate of drug-likeness (QED) is 0.494. The summed E-state index contributed by atoms with van der Waals surface area (Å²) >= 11 is 0. The largest absolute Gasteiger partial charge is 0.375 e. The van der Waals surface area contributed by atoms with E-state index in [-0.39, 0.29) is 23.2 Å². The van der Waals surface area contributed by atoms with E-state index in [0.717, 1.165) is 6.07 Å². The van der Waals surface area contributed by atoms with Gasteiger partial charge in [-0.1, -0.05) is 30.4 Å². The van der Waals surface area contributed by atoms with Gasteiger partial charge in [0.2, 0.25) is 0 Å². The Bertz CT molecular complexity index is 866.